The fraction of sp³-hybridized carbons (Fsp3) is 0.268. The molecule has 1 saturated carbocycles. The van der Waals surface area contributed by atoms with Gasteiger partial charge in [0.15, 0.2) is 0 Å². The molecule has 0 amide bonds. The first-order chi connectivity index (χ1) is 20.2. The van der Waals surface area contributed by atoms with Crippen molar-refractivity contribution < 1.29 is 0 Å². The highest BCUT2D eigenvalue weighted by atomic mass is 14.2. The van der Waals surface area contributed by atoms with E-state index in [1.165, 1.54) is 54.4 Å². The van der Waals surface area contributed by atoms with Crippen LogP contribution < -0.4 is 0 Å². The summed E-state index contributed by atoms with van der Waals surface area (Å²) in [4.78, 5) is 0. The molecule has 0 nitrogen and oxygen atoms in total. The molecular weight excluding hydrogens is 492 g/mol. The average molecular weight is 543 g/mol. The summed E-state index contributed by atoms with van der Waals surface area (Å²) in [6.07, 6.45) is 8.15. The molecule has 1 fully saturated rings. The second-order valence-electron chi connectivity index (χ2n) is 10.2. The minimum Gasteiger partial charge on any atom is -0.0683 e. The van der Waals surface area contributed by atoms with Gasteiger partial charge in [-0.1, -0.05) is 196 Å². The normalized spacial score (nSPS) is 11.9. The average Bonchev–Trinajstić information content (AvgIpc) is 3.07. The minimum atomic E-state index is 0.861. The Morgan fingerprint density at radius 3 is 1.10 bits per heavy atom. The fourth-order valence-electron chi connectivity index (χ4n) is 4.61. The van der Waals surface area contributed by atoms with Gasteiger partial charge in [0.2, 0.25) is 0 Å². The molecule has 0 saturated heterocycles. The molecule has 6 rings (SSSR count). The summed E-state index contributed by atoms with van der Waals surface area (Å²) < 4.78 is 0. The summed E-state index contributed by atoms with van der Waals surface area (Å²) in [7, 11) is 0. The first kappa shape index (κ1) is 33.3. The van der Waals surface area contributed by atoms with Crippen LogP contribution in [0.25, 0.3) is 0 Å². The molecule has 0 spiro atoms. The number of rotatable bonds is 3. The van der Waals surface area contributed by atoms with E-state index >= 15 is 0 Å². The zero-order valence-electron chi connectivity index (χ0n) is 25.8. The summed E-state index contributed by atoms with van der Waals surface area (Å²) in [5.41, 5.74) is 6.95. The molecule has 5 aromatic rings. The van der Waals surface area contributed by atoms with Gasteiger partial charge in [-0.05, 0) is 55.7 Å². The maximum atomic E-state index is 2.27. The molecule has 0 heteroatoms. The van der Waals surface area contributed by atoms with Crippen molar-refractivity contribution in [2.45, 2.75) is 72.1 Å². The van der Waals surface area contributed by atoms with Gasteiger partial charge in [-0.3, -0.25) is 0 Å². The van der Waals surface area contributed by atoms with Gasteiger partial charge < -0.3 is 0 Å². The molecule has 0 atom stereocenters. The molecule has 5 aromatic carbocycles. The summed E-state index contributed by atoms with van der Waals surface area (Å²) >= 11 is 0. The van der Waals surface area contributed by atoms with Crippen molar-refractivity contribution in [3.63, 3.8) is 0 Å². The van der Waals surface area contributed by atoms with Gasteiger partial charge in [0.1, 0.15) is 0 Å². The Labute approximate surface area is 251 Å². The predicted octanol–water partition coefficient (Wildman–Crippen LogP) is 12.0. The van der Waals surface area contributed by atoms with Crippen LogP contribution in [0.5, 0.6) is 0 Å². The smallest absolute Gasteiger partial charge is 0.00258 e. The molecule has 0 N–H and O–H groups in total. The van der Waals surface area contributed by atoms with E-state index < -0.39 is 0 Å². The van der Waals surface area contributed by atoms with E-state index in [1.54, 1.807) is 5.56 Å². The lowest BCUT2D eigenvalue weighted by atomic mass is 9.84. The van der Waals surface area contributed by atoms with Crippen LogP contribution in [0.15, 0.2) is 152 Å². The number of benzene rings is 5. The van der Waals surface area contributed by atoms with Crippen LogP contribution in [0.3, 0.4) is 0 Å². The van der Waals surface area contributed by atoms with E-state index in [9.17, 15) is 0 Å². The number of aryl methyl sites for hydroxylation is 2. The standard InChI is InChI=1S/C13H12.C12H16.C8H10.C6H6.C2H6/c1-3-7-12(8-4-1)11-13-9-5-2-6-10-13;1-3-7-11(8-4-1)12-9-5-2-6-10-12;1-7-3-5-8(2)6-4-7;1-2-4-6-5-3-1;1-2/h1-10H,11H2;1,3-4,7-8,12H,2,5-6,9-10H2;3-6H,1-2H3;1-6H;1-2H3. The van der Waals surface area contributed by atoms with Crippen molar-refractivity contribution in [2.24, 2.45) is 0 Å². The fourth-order valence-corrected chi connectivity index (χ4v) is 4.61. The lowest BCUT2D eigenvalue weighted by Crippen LogP contribution is -2.03. The minimum absolute atomic E-state index is 0.861. The molecule has 0 unspecified atom stereocenters. The maximum absolute atomic E-state index is 2.27. The Balaban J connectivity index is 0.000000194. The van der Waals surface area contributed by atoms with Gasteiger partial charge in [-0.25, -0.2) is 0 Å². The van der Waals surface area contributed by atoms with Crippen LogP contribution in [-0.4, -0.2) is 0 Å². The van der Waals surface area contributed by atoms with Gasteiger partial charge in [0, 0.05) is 0 Å². The lowest BCUT2D eigenvalue weighted by Gasteiger charge is -2.21. The first-order valence-electron chi connectivity index (χ1n) is 15.4. The number of hydrogen-bond donors (Lipinski definition) is 0. The van der Waals surface area contributed by atoms with Crippen molar-refractivity contribution in [3.8, 4) is 0 Å². The van der Waals surface area contributed by atoms with Gasteiger partial charge in [0.25, 0.3) is 0 Å². The summed E-state index contributed by atoms with van der Waals surface area (Å²) in [5, 5.41) is 0. The third-order valence-electron chi connectivity index (χ3n) is 6.85. The second kappa shape index (κ2) is 21.9. The van der Waals surface area contributed by atoms with Crippen molar-refractivity contribution in [1.82, 2.24) is 0 Å². The highest BCUT2D eigenvalue weighted by Gasteiger charge is 2.14. The van der Waals surface area contributed by atoms with Crippen LogP contribution in [0.2, 0.25) is 0 Å². The lowest BCUT2D eigenvalue weighted by molar-refractivity contribution is 0.443. The summed E-state index contributed by atoms with van der Waals surface area (Å²) in [6, 6.07) is 52.5. The van der Waals surface area contributed by atoms with Gasteiger partial charge in [-0.15, -0.1) is 0 Å². The van der Waals surface area contributed by atoms with Crippen molar-refractivity contribution in [2.75, 3.05) is 0 Å². The van der Waals surface area contributed by atoms with Crippen LogP contribution in [-0.2, 0) is 6.42 Å². The summed E-state index contributed by atoms with van der Waals surface area (Å²) in [6.45, 7) is 8.19. The van der Waals surface area contributed by atoms with Gasteiger partial charge in [-0.2, -0.15) is 0 Å². The molecule has 0 heterocycles. The van der Waals surface area contributed by atoms with E-state index in [-0.39, 0.29) is 0 Å². The first-order valence-corrected chi connectivity index (χ1v) is 15.4. The van der Waals surface area contributed by atoms with E-state index in [0.29, 0.717) is 0 Å². The highest BCUT2D eigenvalue weighted by Crippen LogP contribution is 2.32. The third-order valence-corrected chi connectivity index (χ3v) is 6.85. The van der Waals surface area contributed by atoms with E-state index in [0.717, 1.165) is 12.3 Å². The predicted molar refractivity (Wildman–Crippen MR) is 182 cm³/mol. The largest absolute Gasteiger partial charge is 0.0683 e. The van der Waals surface area contributed by atoms with E-state index in [4.69, 9.17) is 0 Å². The molecule has 0 bridgehead atoms. The Morgan fingerprint density at radius 1 is 0.415 bits per heavy atom. The van der Waals surface area contributed by atoms with Crippen LogP contribution in [0.4, 0.5) is 0 Å². The Bertz CT molecular complexity index is 1140. The molecule has 1 aliphatic carbocycles. The summed E-state index contributed by atoms with van der Waals surface area (Å²) in [5.74, 6) is 0.861. The second-order valence-corrected chi connectivity index (χ2v) is 10.2. The third kappa shape index (κ3) is 15.5. The topological polar surface area (TPSA) is 0 Å². The maximum Gasteiger partial charge on any atom is -0.00258 e. The zero-order valence-corrected chi connectivity index (χ0v) is 25.8. The monoisotopic (exact) mass is 542 g/mol. The quantitative estimate of drug-likeness (QED) is 0.213. The van der Waals surface area contributed by atoms with Crippen molar-refractivity contribution >= 4 is 0 Å². The molecule has 214 valence electrons. The Hall–Kier alpha value is -3.90. The SMILES string of the molecule is CC.Cc1ccc(C)cc1.c1ccc(C2CCCCC2)cc1.c1ccc(Cc2ccccc2)cc1.c1ccccc1. The van der Waals surface area contributed by atoms with Crippen LogP contribution >= 0.6 is 0 Å². The van der Waals surface area contributed by atoms with E-state index in [2.05, 4.69) is 129 Å². The Morgan fingerprint density at radius 2 is 0.732 bits per heavy atom. The molecule has 0 aliphatic heterocycles. The Kier molecular flexibility index (Phi) is 17.8. The molecule has 0 radical (unpaired) electrons. The van der Waals surface area contributed by atoms with E-state index in [1.807, 2.05) is 50.2 Å². The molecule has 1 aliphatic rings. The van der Waals surface area contributed by atoms with Crippen molar-refractivity contribution in [1.29, 1.82) is 0 Å². The van der Waals surface area contributed by atoms with Crippen LogP contribution in [0, 0.1) is 13.8 Å². The number of hydrogen-bond acceptors (Lipinski definition) is 0. The zero-order chi connectivity index (χ0) is 29.4. The van der Waals surface area contributed by atoms with Gasteiger partial charge in [0.05, 0.1) is 0 Å². The van der Waals surface area contributed by atoms with Crippen LogP contribution in [0.1, 0.15) is 79.7 Å². The highest BCUT2D eigenvalue weighted by molar-refractivity contribution is 5.25. The molecule has 0 aromatic heterocycles. The van der Waals surface area contributed by atoms with Gasteiger partial charge >= 0.3 is 0 Å². The molecule has 41 heavy (non-hydrogen) atoms. The van der Waals surface area contributed by atoms with Crippen molar-refractivity contribution in [3.05, 3.63) is 179 Å². The molecular formula is C41H50.